The molecule has 1 N–H and O–H groups in total. The first-order valence-corrected chi connectivity index (χ1v) is 5.14. The van der Waals surface area contributed by atoms with Crippen molar-refractivity contribution in [2.24, 2.45) is 0 Å². The van der Waals surface area contributed by atoms with Gasteiger partial charge in [-0.05, 0) is 25.3 Å². The summed E-state index contributed by atoms with van der Waals surface area (Å²) in [5.74, 6) is 1.80. The third-order valence-electron chi connectivity index (χ3n) is 2.47. The number of nitrogens with one attached hydrogen (secondary N) is 1. The summed E-state index contributed by atoms with van der Waals surface area (Å²) in [4.78, 5) is 4.46. The number of aryl methyl sites for hydroxylation is 1. The number of nitrogens with zero attached hydrogens (tertiary/aromatic N) is 1. The van der Waals surface area contributed by atoms with Crippen LogP contribution in [-0.2, 0) is 17.1 Å². The molecule has 1 aromatic heterocycles. The number of anilines is 1. The first kappa shape index (κ1) is 12.9. The number of fused-ring (bicyclic) bond motifs is 1. The zero-order chi connectivity index (χ0) is 10.8. The Hall–Kier alpha value is -1.12. The summed E-state index contributed by atoms with van der Waals surface area (Å²) >= 11 is 0. The second-order valence-corrected chi connectivity index (χ2v) is 3.41. The Labute approximate surface area is 106 Å². The third kappa shape index (κ3) is 2.04. The van der Waals surface area contributed by atoms with Crippen molar-refractivity contribution < 1.29 is 21.8 Å². The van der Waals surface area contributed by atoms with Gasteiger partial charge in [0.05, 0.1) is 6.61 Å². The van der Waals surface area contributed by atoms with Gasteiger partial charge in [0.2, 0.25) is 0 Å². The van der Waals surface area contributed by atoms with Gasteiger partial charge in [0.15, 0.2) is 0 Å². The largest absolute Gasteiger partial charge is 1.00 e. The fourth-order valence-corrected chi connectivity index (χ4v) is 1.82. The molecule has 0 saturated heterocycles. The molecule has 0 aliphatic rings. The van der Waals surface area contributed by atoms with Gasteiger partial charge >= 0.3 is 17.1 Å². The smallest absolute Gasteiger partial charge is 0.493 e. The number of benzene rings is 1. The first-order valence-electron chi connectivity index (χ1n) is 5.14. The van der Waals surface area contributed by atoms with E-state index in [0.717, 1.165) is 28.0 Å². The van der Waals surface area contributed by atoms with Gasteiger partial charge < -0.3 is 15.0 Å². The van der Waals surface area contributed by atoms with E-state index in [9.17, 15) is 0 Å². The normalized spacial score (nSPS) is 9.94. The molecule has 0 radical (unpaired) electrons. The molecule has 0 spiro atoms. The summed E-state index contributed by atoms with van der Waals surface area (Å²) in [6.07, 6.45) is 0. The van der Waals surface area contributed by atoms with E-state index < -0.39 is 0 Å². The maximum atomic E-state index is 5.59. The molecule has 0 atom stereocenters. The Morgan fingerprint density at radius 1 is 1.38 bits per heavy atom. The number of ether oxygens (including phenoxy) is 1. The SMILES string of the molecule is CCOc1cccc2c(C)[n-]c(NC)c12.[Cu+]. The monoisotopic (exact) mass is 266 g/mol. The Morgan fingerprint density at radius 3 is 2.75 bits per heavy atom. The fourth-order valence-electron chi connectivity index (χ4n) is 1.82. The van der Waals surface area contributed by atoms with Gasteiger partial charge in [-0.2, -0.15) is 0 Å². The van der Waals surface area contributed by atoms with Crippen LogP contribution in [0.3, 0.4) is 0 Å². The molecule has 0 amide bonds. The average Bonchev–Trinajstić information content (AvgIpc) is 2.58. The van der Waals surface area contributed by atoms with Crippen LogP contribution in [0, 0.1) is 6.92 Å². The molecule has 2 aromatic rings. The van der Waals surface area contributed by atoms with Gasteiger partial charge in [-0.15, -0.1) is 0 Å². The van der Waals surface area contributed by atoms with Crippen LogP contribution in [0.15, 0.2) is 18.2 Å². The quantitative estimate of drug-likeness (QED) is 0.868. The van der Waals surface area contributed by atoms with Crippen LogP contribution in [-0.4, -0.2) is 13.7 Å². The van der Waals surface area contributed by atoms with Crippen LogP contribution < -0.4 is 15.0 Å². The van der Waals surface area contributed by atoms with E-state index in [1.807, 2.05) is 33.0 Å². The van der Waals surface area contributed by atoms with Crippen molar-refractivity contribution in [3.05, 3.63) is 23.9 Å². The first-order chi connectivity index (χ1) is 7.27. The molecule has 16 heavy (non-hydrogen) atoms. The molecule has 1 aromatic carbocycles. The van der Waals surface area contributed by atoms with E-state index in [1.54, 1.807) is 0 Å². The third-order valence-corrected chi connectivity index (χ3v) is 2.47. The van der Waals surface area contributed by atoms with Crippen LogP contribution in [0.5, 0.6) is 5.75 Å². The number of rotatable bonds is 3. The standard InChI is InChI=1S/C12H15N2O.Cu/c1-4-15-10-7-5-6-9-8(2)14-12(13-3)11(9)10;/h5-7,13H,4H2,1-3H3;/q-1;+1. The molecular formula is C12H15CuN2O. The van der Waals surface area contributed by atoms with Crippen molar-refractivity contribution in [3.63, 3.8) is 0 Å². The molecule has 1 heterocycles. The minimum atomic E-state index is 0. The summed E-state index contributed by atoms with van der Waals surface area (Å²) in [6, 6.07) is 6.05. The van der Waals surface area contributed by atoms with E-state index in [2.05, 4.69) is 16.4 Å². The minimum absolute atomic E-state index is 0. The van der Waals surface area contributed by atoms with Crippen molar-refractivity contribution >= 4 is 16.6 Å². The summed E-state index contributed by atoms with van der Waals surface area (Å²) in [7, 11) is 1.88. The molecule has 0 bridgehead atoms. The molecule has 0 aliphatic carbocycles. The molecule has 0 fully saturated rings. The van der Waals surface area contributed by atoms with Crippen molar-refractivity contribution in [1.82, 2.24) is 4.98 Å². The van der Waals surface area contributed by atoms with Gasteiger partial charge in [-0.25, -0.2) is 0 Å². The van der Waals surface area contributed by atoms with Crippen LogP contribution in [0.1, 0.15) is 12.6 Å². The Bertz CT molecular complexity index is 479. The Balaban J connectivity index is 0.00000128. The van der Waals surface area contributed by atoms with E-state index in [1.165, 1.54) is 0 Å². The molecule has 0 saturated carbocycles. The van der Waals surface area contributed by atoms with E-state index >= 15 is 0 Å². The van der Waals surface area contributed by atoms with E-state index in [4.69, 9.17) is 4.74 Å². The van der Waals surface area contributed by atoms with Gasteiger partial charge in [0, 0.05) is 5.39 Å². The predicted octanol–water partition coefficient (Wildman–Crippen LogP) is 2.54. The zero-order valence-corrected chi connectivity index (χ0v) is 10.5. The fraction of sp³-hybridized carbons (Fsp3) is 0.333. The maximum absolute atomic E-state index is 5.59. The molecule has 3 nitrogen and oxygen atoms in total. The molecule has 90 valence electrons. The van der Waals surface area contributed by atoms with Gasteiger partial charge in [0.25, 0.3) is 0 Å². The number of aromatic nitrogens is 1. The van der Waals surface area contributed by atoms with Gasteiger partial charge in [-0.1, -0.05) is 30.7 Å². The molecule has 0 aliphatic heterocycles. The van der Waals surface area contributed by atoms with Crippen LogP contribution >= 0.6 is 0 Å². The molecular weight excluding hydrogens is 252 g/mol. The van der Waals surface area contributed by atoms with Crippen molar-refractivity contribution in [1.29, 1.82) is 0 Å². The van der Waals surface area contributed by atoms with Crippen LogP contribution in [0.25, 0.3) is 10.8 Å². The Kier molecular flexibility index (Phi) is 4.27. The zero-order valence-electron chi connectivity index (χ0n) is 9.60. The minimum Gasteiger partial charge on any atom is -0.493 e. The number of hydrogen-bond donors (Lipinski definition) is 1. The van der Waals surface area contributed by atoms with Gasteiger partial charge in [0.1, 0.15) is 5.75 Å². The maximum Gasteiger partial charge on any atom is 1.00 e. The molecule has 0 unspecified atom stereocenters. The summed E-state index contributed by atoms with van der Waals surface area (Å²) in [5.41, 5.74) is 1.04. The van der Waals surface area contributed by atoms with E-state index in [-0.39, 0.29) is 17.1 Å². The van der Waals surface area contributed by atoms with Crippen LogP contribution in [0.4, 0.5) is 5.82 Å². The molecule has 4 heteroatoms. The average molecular weight is 267 g/mol. The summed E-state index contributed by atoms with van der Waals surface area (Å²) in [6.45, 7) is 4.67. The second-order valence-electron chi connectivity index (χ2n) is 3.41. The van der Waals surface area contributed by atoms with Crippen molar-refractivity contribution in [2.45, 2.75) is 13.8 Å². The Morgan fingerprint density at radius 2 is 2.12 bits per heavy atom. The van der Waals surface area contributed by atoms with E-state index in [0.29, 0.717) is 6.61 Å². The topological polar surface area (TPSA) is 35.4 Å². The predicted molar refractivity (Wildman–Crippen MR) is 62.7 cm³/mol. The number of hydrogen-bond acceptors (Lipinski definition) is 2. The second kappa shape index (κ2) is 5.28. The van der Waals surface area contributed by atoms with Crippen molar-refractivity contribution in [2.75, 3.05) is 19.0 Å². The molecule has 2 rings (SSSR count). The van der Waals surface area contributed by atoms with Crippen molar-refractivity contribution in [3.8, 4) is 5.75 Å². The van der Waals surface area contributed by atoms with Crippen LogP contribution in [0.2, 0.25) is 0 Å². The summed E-state index contributed by atoms with van der Waals surface area (Å²) in [5, 5.41) is 5.34. The summed E-state index contributed by atoms with van der Waals surface area (Å²) < 4.78 is 5.59. The van der Waals surface area contributed by atoms with Gasteiger partial charge in [-0.3, -0.25) is 0 Å².